The van der Waals surface area contributed by atoms with Gasteiger partial charge < -0.3 is 4.57 Å². The van der Waals surface area contributed by atoms with Crippen LogP contribution in [-0.2, 0) is 12.3 Å². The van der Waals surface area contributed by atoms with Gasteiger partial charge in [-0.15, -0.1) is 10.2 Å². The Labute approximate surface area is 150 Å². The number of hydrogen-bond donors (Lipinski definition) is 0. The predicted molar refractivity (Wildman–Crippen MR) is 100 cm³/mol. The molecule has 0 radical (unpaired) electrons. The van der Waals surface area contributed by atoms with Crippen LogP contribution in [0.3, 0.4) is 0 Å². The summed E-state index contributed by atoms with van der Waals surface area (Å²) in [5.74, 6) is 1.69. The predicted octanol–water partition coefficient (Wildman–Crippen LogP) is 4.20. The molecule has 5 nitrogen and oxygen atoms in total. The molecule has 0 aliphatic carbocycles. The van der Waals surface area contributed by atoms with Crippen molar-refractivity contribution >= 4 is 22.7 Å². The lowest BCUT2D eigenvalue weighted by molar-refractivity contribution is 0.687. The Morgan fingerprint density at radius 1 is 0.960 bits per heavy atom. The van der Waals surface area contributed by atoms with Crippen molar-refractivity contribution in [1.82, 2.24) is 24.7 Å². The van der Waals surface area contributed by atoms with Gasteiger partial charge in [-0.2, -0.15) is 0 Å². The fraction of sp³-hybridized carbons (Fsp3) is 0.158. The molecule has 0 aliphatic rings. The molecule has 3 heterocycles. The van der Waals surface area contributed by atoms with Crippen molar-refractivity contribution in [1.29, 1.82) is 0 Å². The average molecular weight is 347 g/mol. The largest absolute Gasteiger partial charge is 0.302 e. The molecule has 124 valence electrons. The van der Waals surface area contributed by atoms with Crippen LogP contribution in [-0.4, -0.2) is 24.7 Å². The Kier molecular flexibility index (Phi) is 4.43. The van der Waals surface area contributed by atoms with Crippen LogP contribution < -0.4 is 0 Å². The van der Waals surface area contributed by atoms with Gasteiger partial charge in [0.2, 0.25) is 0 Å². The molecule has 0 bridgehead atoms. The maximum absolute atomic E-state index is 4.53. The van der Waals surface area contributed by atoms with Gasteiger partial charge in [-0.1, -0.05) is 36.0 Å². The molecule has 0 fully saturated rings. The molecule has 0 atom stereocenters. The molecule has 4 rings (SSSR count). The molecule has 0 amide bonds. The first-order valence-corrected chi connectivity index (χ1v) is 9.14. The number of nitrogens with zero attached hydrogens (tertiary/aromatic N) is 5. The summed E-state index contributed by atoms with van der Waals surface area (Å²) in [6, 6.07) is 14.3. The first-order chi connectivity index (χ1) is 12.4. The summed E-state index contributed by atoms with van der Waals surface area (Å²) in [6.07, 6.45) is 5.39. The maximum Gasteiger partial charge on any atom is 0.191 e. The third-order valence-corrected chi connectivity index (χ3v) is 5.06. The van der Waals surface area contributed by atoms with Gasteiger partial charge >= 0.3 is 0 Å². The summed E-state index contributed by atoms with van der Waals surface area (Å²) >= 11 is 1.69. The van der Waals surface area contributed by atoms with Crippen LogP contribution in [0.15, 0.2) is 66.2 Å². The molecule has 1 aromatic carbocycles. The maximum atomic E-state index is 4.53. The monoisotopic (exact) mass is 347 g/mol. The minimum absolute atomic E-state index is 0.808. The molecule has 0 N–H and O–H groups in total. The van der Waals surface area contributed by atoms with E-state index in [1.807, 2.05) is 24.4 Å². The quantitative estimate of drug-likeness (QED) is 0.506. The third-order valence-electron chi connectivity index (χ3n) is 4.04. The van der Waals surface area contributed by atoms with E-state index in [0.29, 0.717) is 0 Å². The number of fused-ring (bicyclic) bond motifs is 1. The van der Waals surface area contributed by atoms with Crippen molar-refractivity contribution in [3.05, 3.63) is 66.6 Å². The van der Waals surface area contributed by atoms with Crippen molar-refractivity contribution in [2.75, 3.05) is 0 Å². The Balaban J connectivity index is 1.62. The zero-order valence-corrected chi connectivity index (χ0v) is 14.6. The van der Waals surface area contributed by atoms with E-state index >= 15 is 0 Å². The number of para-hydroxylation sites is 1. The number of rotatable bonds is 5. The van der Waals surface area contributed by atoms with Gasteiger partial charge in [0.05, 0.1) is 5.52 Å². The van der Waals surface area contributed by atoms with Gasteiger partial charge in [0, 0.05) is 41.8 Å². The second-order valence-electron chi connectivity index (χ2n) is 5.57. The lowest BCUT2D eigenvalue weighted by Crippen LogP contribution is -2.00. The molecular weight excluding hydrogens is 330 g/mol. The lowest BCUT2D eigenvalue weighted by Gasteiger charge is -2.08. The minimum Gasteiger partial charge on any atom is -0.302 e. The Bertz CT molecular complexity index is 992. The van der Waals surface area contributed by atoms with E-state index in [0.717, 1.165) is 39.7 Å². The highest BCUT2D eigenvalue weighted by Gasteiger charge is 2.13. The molecule has 0 saturated heterocycles. The van der Waals surface area contributed by atoms with E-state index in [-0.39, 0.29) is 0 Å². The van der Waals surface area contributed by atoms with Gasteiger partial charge in [-0.3, -0.25) is 9.97 Å². The zero-order valence-electron chi connectivity index (χ0n) is 13.8. The van der Waals surface area contributed by atoms with E-state index in [4.69, 9.17) is 0 Å². The zero-order chi connectivity index (χ0) is 17.1. The van der Waals surface area contributed by atoms with Gasteiger partial charge in [-0.25, -0.2) is 0 Å². The number of pyridine rings is 2. The van der Waals surface area contributed by atoms with Crippen molar-refractivity contribution in [2.24, 2.45) is 0 Å². The van der Waals surface area contributed by atoms with Gasteiger partial charge in [0.1, 0.15) is 0 Å². The fourth-order valence-electron chi connectivity index (χ4n) is 2.82. The molecule has 6 heteroatoms. The summed E-state index contributed by atoms with van der Waals surface area (Å²) < 4.78 is 2.14. The highest BCUT2D eigenvalue weighted by molar-refractivity contribution is 7.98. The van der Waals surface area contributed by atoms with Gasteiger partial charge in [-0.05, 0) is 30.7 Å². The molecular formula is C19H17N5S. The molecule has 0 spiro atoms. The lowest BCUT2D eigenvalue weighted by atomic mass is 10.1. The van der Waals surface area contributed by atoms with Crippen LogP contribution in [0.1, 0.15) is 12.5 Å². The Morgan fingerprint density at radius 3 is 2.64 bits per heavy atom. The van der Waals surface area contributed by atoms with Crippen LogP contribution in [0.4, 0.5) is 0 Å². The summed E-state index contributed by atoms with van der Waals surface area (Å²) in [4.78, 5) is 8.59. The van der Waals surface area contributed by atoms with E-state index in [9.17, 15) is 0 Å². The highest BCUT2D eigenvalue weighted by atomic mass is 32.2. The second kappa shape index (κ2) is 7.03. The first kappa shape index (κ1) is 15.8. The third kappa shape index (κ3) is 3.13. The molecule has 3 aromatic heterocycles. The SMILES string of the molecule is CCn1c(SCc2cccc3cccnc23)nnc1-c1ccncc1. The standard InChI is InChI=1S/C19H17N5S/c1-2-24-18(15-8-11-20-12-9-15)22-23-19(24)25-13-16-6-3-5-14-7-4-10-21-17(14)16/h3-12H,2,13H2,1H3. The summed E-state index contributed by atoms with van der Waals surface area (Å²) in [5, 5.41) is 10.9. The number of hydrogen-bond acceptors (Lipinski definition) is 5. The highest BCUT2D eigenvalue weighted by Crippen LogP contribution is 2.28. The Morgan fingerprint density at radius 2 is 1.80 bits per heavy atom. The molecule has 0 saturated carbocycles. The van der Waals surface area contributed by atoms with E-state index in [1.165, 1.54) is 5.56 Å². The van der Waals surface area contributed by atoms with Crippen LogP contribution in [0.5, 0.6) is 0 Å². The minimum atomic E-state index is 0.808. The first-order valence-electron chi connectivity index (χ1n) is 8.16. The fourth-order valence-corrected chi connectivity index (χ4v) is 3.81. The van der Waals surface area contributed by atoms with Crippen LogP contribution in [0.25, 0.3) is 22.3 Å². The Hall–Kier alpha value is -2.73. The summed E-state index contributed by atoms with van der Waals surface area (Å²) in [6.45, 7) is 2.93. The normalized spacial score (nSPS) is 11.1. The van der Waals surface area contributed by atoms with Crippen molar-refractivity contribution < 1.29 is 0 Å². The van der Waals surface area contributed by atoms with Crippen LogP contribution in [0, 0.1) is 0 Å². The van der Waals surface area contributed by atoms with E-state index in [2.05, 4.69) is 55.9 Å². The van der Waals surface area contributed by atoms with Crippen molar-refractivity contribution in [3.8, 4) is 11.4 Å². The number of aromatic nitrogens is 5. The molecule has 0 unspecified atom stereocenters. The van der Waals surface area contributed by atoms with Crippen molar-refractivity contribution in [3.63, 3.8) is 0 Å². The van der Waals surface area contributed by atoms with Gasteiger partial charge in [0.25, 0.3) is 0 Å². The van der Waals surface area contributed by atoms with Crippen LogP contribution >= 0.6 is 11.8 Å². The smallest absolute Gasteiger partial charge is 0.191 e. The van der Waals surface area contributed by atoms with Crippen LogP contribution in [0.2, 0.25) is 0 Å². The van der Waals surface area contributed by atoms with E-state index in [1.54, 1.807) is 24.2 Å². The summed E-state index contributed by atoms with van der Waals surface area (Å²) in [7, 11) is 0. The molecule has 4 aromatic rings. The summed E-state index contributed by atoms with van der Waals surface area (Å²) in [5.41, 5.74) is 3.29. The van der Waals surface area contributed by atoms with Gasteiger partial charge in [0.15, 0.2) is 11.0 Å². The average Bonchev–Trinajstić information content (AvgIpc) is 3.10. The van der Waals surface area contributed by atoms with E-state index < -0.39 is 0 Å². The molecule has 0 aliphatic heterocycles. The number of thioether (sulfide) groups is 1. The molecule has 25 heavy (non-hydrogen) atoms. The van der Waals surface area contributed by atoms with Crippen molar-refractivity contribution in [2.45, 2.75) is 24.4 Å². The topological polar surface area (TPSA) is 56.5 Å². The number of benzene rings is 1. The second-order valence-corrected chi connectivity index (χ2v) is 6.51.